The molecule has 0 amide bonds. The Bertz CT molecular complexity index is 440. The Morgan fingerprint density at radius 1 is 1.20 bits per heavy atom. The van der Waals surface area contributed by atoms with Crippen molar-refractivity contribution in [2.45, 2.75) is 37.7 Å². The second-order valence-electron chi connectivity index (χ2n) is 5.19. The third-order valence-electron chi connectivity index (χ3n) is 3.72. The summed E-state index contributed by atoms with van der Waals surface area (Å²) < 4.78 is 33.1. The molecule has 1 N–H and O–H groups in total. The van der Waals surface area contributed by atoms with E-state index < -0.39 is 18.5 Å². The summed E-state index contributed by atoms with van der Waals surface area (Å²) >= 11 is 0. The van der Waals surface area contributed by atoms with Gasteiger partial charge >= 0.3 is 5.97 Å². The molecule has 0 bridgehead atoms. The first-order valence-electron chi connectivity index (χ1n) is 6.77. The maximum absolute atomic E-state index is 13.9. The zero-order chi connectivity index (χ0) is 14.6. The number of rotatable bonds is 5. The molecule has 0 aromatic heterocycles. The number of aliphatic carboxylic acids is 1. The molecule has 3 nitrogen and oxygen atoms in total. The fourth-order valence-corrected chi connectivity index (χ4v) is 2.46. The van der Waals surface area contributed by atoms with Gasteiger partial charge in [-0.25, -0.2) is 0 Å². The summed E-state index contributed by atoms with van der Waals surface area (Å²) in [6.07, 6.45) is 1.79. The van der Waals surface area contributed by atoms with E-state index in [1.54, 1.807) is 18.2 Å². The van der Waals surface area contributed by atoms with Crippen molar-refractivity contribution in [1.82, 2.24) is 0 Å². The summed E-state index contributed by atoms with van der Waals surface area (Å²) in [5, 5.41) is 8.87. The largest absolute Gasteiger partial charge is 0.481 e. The van der Waals surface area contributed by atoms with Crippen LogP contribution in [-0.4, -0.2) is 23.8 Å². The molecular weight excluding hydrogens is 266 g/mol. The summed E-state index contributed by atoms with van der Waals surface area (Å²) in [5.74, 6) is -4.17. The highest BCUT2D eigenvalue weighted by atomic mass is 19.3. The zero-order valence-electron chi connectivity index (χ0n) is 11.1. The minimum absolute atomic E-state index is 0.0563. The number of hydrogen-bond donors (Lipinski definition) is 1. The highest BCUT2D eigenvalue weighted by Crippen LogP contribution is 2.31. The number of alkyl halides is 2. The van der Waals surface area contributed by atoms with Crippen LogP contribution < -0.4 is 0 Å². The van der Waals surface area contributed by atoms with Crippen molar-refractivity contribution >= 4 is 5.97 Å². The number of hydrogen-bond acceptors (Lipinski definition) is 2. The molecule has 20 heavy (non-hydrogen) atoms. The van der Waals surface area contributed by atoms with E-state index in [2.05, 4.69) is 0 Å². The summed E-state index contributed by atoms with van der Waals surface area (Å²) in [4.78, 5) is 10.8. The highest BCUT2D eigenvalue weighted by Gasteiger charge is 2.34. The average Bonchev–Trinajstić information content (AvgIpc) is 2.46. The Morgan fingerprint density at radius 3 is 2.35 bits per heavy atom. The summed E-state index contributed by atoms with van der Waals surface area (Å²) in [7, 11) is 0. The lowest BCUT2D eigenvalue weighted by atomic mass is 9.87. The minimum atomic E-state index is -3.01. The van der Waals surface area contributed by atoms with Crippen LogP contribution in [-0.2, 0) is 15.5 Å². The summed E-state index contributed by atoms with van der Waals surface area (Å²) in [6, 6.07) is 7.59. The van der Waals surface area contributed by atoms with Crippen molar-refractivity contribution in [3.8, 4) is 0 Å². The molecule has 1 aromatic carbocycles. The van der Waals surface area contributed by atoms with Crippen LogP contribution in [0.2, 0.25) is 0 Å². The first kappa shape index (κ1) is 14.9. The van der Waals surface area contributed by atoms with Crippen molar-refractivity contribution in [3.05, 3.63) is 35.9 Å². The van der Waals surface area contributed by atoms with Crippen LogP contribution in [0.4, 0.5) is 8.78 Å². The van der Waals surface area contributed by atoms with E-state index in [0.29, 0.717) is 25.7 Å². The lowest BCUT2D eigenvalue weighted by Gasteiger charge is -2.28. The molecule has 0 saturated heterocycles. The van der Waals surface area contributed by atoms with Crippen LogP contribution in [0, 0.1) is 5.92 Å². The van der Waals surface area contributed by atoms with Gasteiger partial charge in [0.1, 0.15) is 6.61 Å². The predicted octanol–water partition coefficient (Wildman–Crippen LogP) is 3.44. The SMILES string of the molecule is O=C(O)C1CCC(OCC(F)(F)c2ccccc2)CC1. The summed E-state index contributed by atoms with van der Waals surface area (Å²) in [5.41, 5.74) is -0.0563. The van der Waals surface area contributed by atoms with E-state index in [0.717, 1.165) is 0 Å². The van der Waals surface area contributed by atoms with Crippen molar-refractivity contribution in [2.24, 2.45) is 5.92 Å². The van der Waals surface area contributed by atoms with E-state index in [1.165, 1.54) is 12.1 Å². The molecular formula is C15H18F2O3. The second-order valence-corrected chi connectivity index (χ2v) is 5.19. The quantitative estimate of drug-likeness (QED) is 0.901. The van der Waals surface area contributed by atoms with Gasteiger partial charge in [-0.15, -0.1) is 0 Å². The Kier molecular flexibility index (Phi) is 4.70. The van der Waals surface area contributed by atoms with Crippen LogP contribution in [0.3, 0.4) is 0 Å². The first-order chi connectivity index (χ1) is 9.49. The number of benzene rings is 1. The fourth-order valence-electron chi connectivity index (χ4n) is 2.46. The molecule has 2 rings (SSSR count). The van der Waals surface area contributed by atoms with Gasteiger partial charge in [-0.05, 0) is 25.7 Å². The molecule has 0 heterocycles. The molecule has 1 aliphatic carbocycles. The van der Waals surface area contributed by atoms with E-state index in [1.807, 2.05) is 0 Å². The van der Waals surface area contributed by atoms with Crippen molar-refractivity contribution < 1.29 is 23.4 Å². The topological polar surface area (TPSA) is 46.5 Å². The Balaban J connectivity index is 1.82. The number of ether oxygens (including phenoxy) is 1. The van der Waals surface area contributed by atoms with Gasteiger partial charge in [0.05, 0.1) is 12.0 Å². The van der Waals surface area contributed by atoms with Crippen molar-refractivity contribution in [1.29, 1.82) is 0 Å². The Morgan fingerprint density at radius 2 is 1.80 bits per heavy atom. The molecule has 1 aliphatic rings. The molecule has 5 heteroatoms. The third-order valence-corrected chi connectivity index (χ3v) is 3.72. The Labute approximate surface area is 116 Å². The van der Waals surface area contributed by atoms with Crippen LogP contribution in [0.25, 0.3) is 0 Å². The molecule has 1 saturated carbocycles. The molecule has 1 aromatic rings. The lowest BCUT2D eigenvalue weighted by Crippen LogP contribution is -2.30. The van der Waals surface area contributed by atoms with Crippen LogP contribution in [0.15, 0.2) is 30.3 Å². The van der Waals surface area contributed by atoms with Crippen molar-refractivity contribution in [2.75, 3.05) is 6.61 Å². The van der Waals surface area contributed by atoms with Crippen LogP contribution in [0.5, 0.6) is 0 Å². The fraction of sp³-hybridized carbons (Fsp3) is 0.533. The van der Waals surface area contributed by atoms with Gasteiger partial charge < -0.3 is 9.84 Å². The van der Waals surface area contributed by atoms with E-state index in [-0.39, 0.29) is 17.6 Å². The molecule has 0 spiro atoms. The first-order valence-corrected chi connectivity index (χ1v) is 6.77. The zero-order valence-corrected chi connectivity index (χ0v) is 11.1. The van der Waals surface area contributed by atoms with Crippen LogP contribution in [0.1, 0.15) is 31.2 Å². The molecule has 0 aliphatic heterocycles. The molecule has 1 fully saturated rings. The van der Waals surface area contributed by atoms with Gasteiger partial charge in [0.15, 0.2) is 0 Å². The smallest absolute Gasteiger partial charge is 0.306 e. The standard InChI is InChI=1S/C15H18F2O3/c16-15(17,12-4-2-1-3-5-12)10-20-13-8-6-11(7-9-13)14(18)19/h1-5,11,13H,6-10H2,(H,18,19). The highest BCUT2D eigenvalue weighted by molar-refractivity contribution is 5.70. The predicted molar refractivity (Wildman–Crippen MR) is 69.7 cm³/mol. The van der Waals surface area contributed by atoms with Gasteiger partial charge in [-0.3, -0.25) is 4.79 Å². The number of carboxylic acid groups (broad SMARTS) is 1. The maximum atomic E-state index is 13.9. The third kappa shape index (κ3) is 3.76. The van der Waals surface area contributed by atoms with Gasteiger partial charge in [0.25, 0.3) is 5.92 Å². The molecule has 0 unspecified atom stereocenters. The van der Waals surface area contributed by atoms with Gasteiger partial charge in [-0.2, -0.15) is 8.78 Å². The average molecular weight is 284 g/mol. The minimum Gasteiger partial charge on any atom is -0.481 e. The second kappa shape index (κ2) is 6.31. The Hall–Kier alpha value is -1.49. The van der Waals surface area contributed by atoms with E-state index in [9.17, 15) is 13.6 Å². The summed E-state index contributed by atoms with van der Waals surface area (Å²) in [6.45, 7) is -0.653. The number of carboxylic acids is 1. The lowest BCUT2D eigenvalue weighted by molar-refractivity contribution is -0.145. The van der Waals surface area contributed by atoms with Gasteiger partial charge in [0.2, 0.25) is 0 Å². The van der Waals surface area contributed by atoms with E-state index >= 15 is 0 Å². The number of carbonyl (C=O) groups is 1. The number of halogens is 2. The molecule has 110 valence electrons. The van der Waals surface area contributed by atoms with Gasteiger partial charge in [-0.1, -0.05) is 30.3 Å². The van der Waals surface area contributed by atoms with Gasteiger partial charge in [0, 0.05) is 5.56 Å². The maximum Gasteiger partial charge on any atom is 0.306 e. The van der Waals surface area contributed by atoms with Crippen molar-refractivity contribution in [3.63, 3.8) is 0 Å². The van der Waals surface area contributed by atoms with E-state index in [4.69, 9.17) is 9.84 Å². The monoisotopic (exact) mass is 284 g/mol. The molecule has 0 radical (unpaired) electrons. The molecule has 0 atom stereocenters. The normalized spacial score (nSPS) is 23.5. The van der Waals surface area contributed by atoms with Crippen LogP contribution >= 0.6 is 0 Å².